The SMILES string of the molecule is Cl.N[C@H](CCO)c1c(F)ccc(Cl)c1F. The van der Waals surface area contributed by atoms with Crippen LogP contribution in [0.1, 0.15) is 18.0 Å². The van der Waals surface area contributed by atoms with Gasteiger partial charge in [0.05, 0.1) is 5.02 Å². The number of rotatable bonds is 3. The molecule has 0 heterocycles. The number of aliphatic hydroxyl groups is 1. The van der Waals surface area contributed by atoms with E-state index in [1.54, 1.807) is 0 Å². The molecular formula is C9H11Cl2F2NO. The summed E-state index contributed by atoms with van der Waals surface area (Å²) in [4.78, 5) is 0. The van der Waals surface area contributed by atoms with E-state index in [2.05, 4.69) is 0 Å². The van der Waals surface area contributed by atoms with E-state index >= 15 is 0 Å². The molecule has 0 saturated heterocycles. The Balaban J connectivity index is 0.00000196. The summed E-state index contributed by atoms with van der Waals surface area (Å²) in [6, 6.07) is 1.30. The van der Waals surface area contributed by atoms with Gasteiger partial charge in [0.2, 0.25) is 0 Å². The molecule has 0 aliphatic carbocycles. The van der Waals surface area contributed by atoms with Crippen molar-refractivity contribution in [1.82, 2.24) is 0 Å². The van der Waals surface area contributed by atoms with E-state index in [-0.39, 0.29) is 36.0 Å². The molecular weight excluding hydrogens is 247 g/mol. The van der Waals surface area contributed by atoms with Gasteiger partial charge in [0.15, 0.2) is 0 Å². The third-order valence-electron chi connectivity index (χ3n) is 1.89. The molecule has 3 N–H and O–H groups in total. The highest BCUT2D eigenvalue weighted by atomic mass is 35.5. The Morgan fingerprint density at radius 3 is 2.53 bits per heavy atom. The smallest absolute Gasteiger partial charge is 0.149 e. The maximum atomic E-state index is 13.3. The summed E-state index contributed by atoms with van der Waals surface area (Å²) < 4.78 is 26.4. The number of nitrogens with two attached hydrogens (primary N) is 1. The van der Waals surface area contributed by atoms with Crippen molar-refractivity contribution in [2.45, 2.75) is 12.5 Å². The molecule has 0 radical (unpaired) electrons. The second kappa shape index (κ2) is 6.23. The molecule has 6 heteroatoms. The van der Waals surface area contributed by atoms with Crippen LogP contribution in [0.25, 0.3) is 0 Å². The normalized spacial score (nSPS) is 12.1. The molecule has 0 aliphatic heterocycles. The average molecular weight is 258 g/mol. The number of hydrogen-bond donors (Lipinski definition) is 2. The van der Waals surface area contributed by atoms with Crippen LogP contribution in [0.5, 0.6) is 0 Å². The highest BCUT2D eigenvalue weighted by Gasteiger charge is 2.18. The van der Waals surface area contributed by atoms with E-state index in [0.717, 1.165) is 12.1 Å². The molecule has 0 fully saturated rings. The molecule has 1 aromatic rings. The predicted octanol–water partition coefficient (Wildman–Crippen LogP) is 2.42. The summed E-state index contributed by atoms with van der Waals surface area (Å²) in [5.41, 5.74) is 5.21. The number of aliphatic hydroxyl groups excluding tert-OH is 1. The van der Waals surface area contributed by atoms with Crippen molar-refractivity contribution < 1.29 is 13.9 Å². The molecule has 0 saturated carbocycles. The fourth-order valence-electron chi connectivity index (χ4n) is 1.17. The predicted molar refractivity (Wildman–Crippen MR) is 57.2 cm³/mol. The van der Waals surface area contributed by atoms with Crippen LogP contribution in [0, 0.1) is 11.6 Å². The van der Waals surface area contributed by atoms with Gasteiger partial charge in [0.1, 0.15) is 11.6 Å². The van der Waals surface area contributed by atoms with Gasteiger partial charge >= 0.3 is 0 Å². The Kier molecular flexibility index (Phi) is 6.05. The molecule has 0 aromatic heterocycles. The molecule has 1 rings (SSSR count). The van der Waals surface area contributed by atoms with Crippen molar-refractivity contribution in [1.29, 1.82) is 0 Å². The third-order valence-corrected chi connectivity index (χ3v) is 2.18. The first-order valence-electron chi connectivity index (χ1n) is 4.07. The maximum Gasteiger partial charge on any atom is 0.149 e. The molecule has 2 nitrogen and oxygen atoms in total. The molecule has 1 atom stereocenters. The van der Waals surface area contributed by atoms with Crippen molar-refractivity contribution in [3.8, 4) is 0 Å². The first-order valence-corrected chi connectivity index (χ1v) is 4.45. The van der Waals surface area contributed by atoms with E-state index in [0.29, 0.717) is 0 Å². The summed E-state index contributed by atoms with van der Waals surface area (Å²) in [5.74, 6) is -1.60. The summed E-state index contributed by atoms with van der Waals surface area (Å²) >= 11 is 5.47. The van der Waals surface area contributed by atoms with Gasteiger partial charge in [-0.05, 0) is 18.6 Å². The molecule has 0 amide bonds. The van der Waals surface area contributed by atoms with Gasteiger partial charge in [-0.3, -0.25) is 0 Å². The largest absolute Gasteiger partial charge is 0.396 e. The molecule has 86 valence electrons. The van der Waals surface area contributed by atoms with Gasteiger partial charge < -0.3 is 10.8 Å². The molecule has 1 aromatic carbocycles. The Bertz CT molecular complexity index is 336. The lowest BCUT2D eigenvalue weighted by Gasteiger charge is -2.12. The fourth-order valence-corrected chi connectivity index (χ4v) is 1.33. The highest BCUT2D eigenvalue weighted by Crippen LogP contribution is 2.26. The molecule has 0 unspecified atom stereocenters. The van der Waals surface area contributed by atoms with Gasteiger partial charge in [-0.1, -0.05) is 11.6 Å². The zero-order valence-electron chi connectivity index (χ0n) is 7.71. The van der Waals surface area contributed by atoms with Crippen molar-refractivity contribution >= 4 is 24.0 Å². The molecule has 0 aliphatic rings. The first kappa shape index (κ1) is 14.6. The molecule has 15 heavy (non-hydrogen) atoms. The lowest BCUT2D eigenvalue weighted by Crippen LogP contribution is -2.15. The van der Waals surface area contributed by atoms with Crippen LogP contribution in [0.4, 0.5) is 8.78 Å². The second-order valence-electron chi connectivity index (χ2n) is 2.88. The third kappa shape index (κ3) is 3.28. The van der Waals surface area contributed by atoms with E-state index in [4.69, 9.17) is 22.4 Å². The van der Waals surface area contributed by atoms with Crippen molar-refractivity contribution in [2.75, 3.05) is 6.61 Å². The number of hydrogen-bond acceptors (Lipinski definition) is 2. The van der Waals surface area contributed by atoms with Gasteiger partial charge in [0.25, 0.3) is 0 Å². The second-order valence-corrected chi connectivity index (χ2v) is 3.28. The number of benzene rings is 1. The van der Waals surface area contributed by atoms with Crippen molar-refractivity contribution in [3.63, 3.8) is 0 Å². The van der Waals surface area contributed by atoms with Gasteiger partial charge in [-0.15, -0.1) is 12.4 Å². The topological polar surface area (TPSA) is 46.2 Å². The van der Waals surface area contributed by atoms with Crippen LogP contribution < -0.4 is 5.73 Å². The van der Waals surface area contributed by atoms with Gasteiger partial charge in [-0.2, -0.15) is 0 Å². The van der Waals surface area contributed by atoms with Crippen LogP contribution in [0.2, 0.25) is 5.02 Å². The standard InChI is InChI=1S/C9H10ClF2NO.ClH/c10-5-1-2-6(11)8(9(5)12)7(13)3-4-14;/h1-2,7,14H,3-4,13H2;1H/t7-;/m1./s1. The van der Waals surface area contributed by atoms with E-state index in [1.165, 1.54) is 0 Å². The monoisotopic (exact) mass is 257 g/mol. The Morgan fingerprint density at radius 2 is 2.00 bits per heavy atom. The van der Waals surface area contributed by atoms with Crippen LogP contribution in [-0.2, 0) is 0 Å². The summed E-state index contributed by atoms with van der Waals surface area (Å²) in [6.45, 7) is -0.230. The lowest BCUT2D eigenvalue weighted by molar-refractivity contribution is 0.274. The highest BCUT2D eigenvalue weighted by molar-refractivity contribution is 6.30. The zero-order chi connectivity index (χ0) is 10.7. The van der Waals surface area contributed by atoms with Crippen LogP contribution in [-0.4, -0.2) is 11.7 Å². The van der Waals surface area contributed by atoms with E-state index < -0.39 is 17.7 Å². The summed E-state index contributed by atoms with van der Waals surface area (Å²) in [7, 11) is 0. The summed E-state index contributed by atoms with van der Waals surface area (Å²) in [5, 5.41) is 8.42. The quantitative estimate of drug-likeness (QED) is 0.818. The first-order chi connectivity index (χ1) is 6.57. The van der Waals surface area contributed by atoms with Crippen LogP contribution in [0.15, 0.2) is 12.1 Å². The van der Waals surface area contributed by atoms with Crippen LogP contribution >= 0.6 is 24.0 Å². The van der Waals surface area contributed by atoms with E-state index in [9.17, 15) is 8.78 Å². The fraction of sp³-hybridized carbons (Fsp3) is 0.333. The van der Waals surface area contributed by atoms with Gasteiger partial charge in [-0.25, -0.2) is 8.78 Å². The molecule has 0 bridgehead atoms. The molecule has 0 spiro atoms. The number of halogens is 4. The zero-order valence-corrected chi connectivity index (χ0v) is 9.29. The minimum atomic E-state index is -0.876. The lowest BCUT2D eigenvalue weighted by atomic mass is 10.0. The maximum absolute atomic E-state index is 13.3. The average Bonchev–Trinajstić information content (AvgIpc) is 2.13. The van der Waals surface area contributed by atoms with Crippen LogP contribution in [0.3, 0.4) is 0 Å². The van der Waals surface area contributed by atoms with Gasteiger partial charge in [0, 0.05) is 18.2 Å². The minimum absolute atomic E-state index is 0. The van der Waals surface area contributed by atoms with E-state index in [1.807, 2.05) is 0 Å². The van der Waals surface area contributed by atoms with Crippen molar-refractivity contribution in [2.24, 2.45) is 5.73 Å². The Hall–Kier alpha value is -0.420. The Labute approximate surface area is 97.4 Å². The summed E-state index contributed by atoms with van der Waals surface area (Å²) in [6.07, 6.45) is 0.0915. The Morgan fingerprint density at radius 1 is 1.40 bits per heavy atom. The minimum Gasteiger partial charge on any atom is -0.396 e. The van der Waals surface area contributed by atoms with Crippen molar-refractivity contribution in [3.05, 3.63) is 34.4 Å².